The summed E-state index contributed by atoms with van der Waals surface area (Å²) in [6.45, 7) is 7.82. The number of benzene rings is 1. The van der Waals surface area contributed by atoms with E-state index < -0.39 is 0 Å². The molecule has 4 heterocycles. The molecule has 0 saturated heterocycles. The summed E-state index contributed by atoms with van der Waals surface area (Å²) in [5.74, 6) is -0.307. The van der Waals surface area contributed by atoms with Crippen molar-refractivity contribution in [1.82, 2.24) is 40.5 Å². The third kappa shape index (κ3) is 3.72. The van der Waals surface area contributed by atoms with Gasteiger partial charge >= 0.3 is 0 Å². The molecule has 0 aliphatic rings. The van der Waals surface area contributed by atoms with Crippen molar-refractivity contribution < 1.29 is 4.79 Å². The lowest BCUT2D eigenvalue weighted by molar-refractivity contribution is 0.0952. The van der Waals surface area contributed by atoms with Crippen molar-refractivity contribution in [1.29, 1.82) is 0 Å². The fraction of sp³-hybridized carbons (Fsp3) is 0.250. The number of aromatic nitrogens is 7. The highest BCUT2D eigenvalue weighted by molar-refractivity contribution is 6.06. The van der Waals surface area contributed by atoms with Crippen LogP contribution >= 0.6 is 0 Å². The predicted molar refractivity (Wildman–Crippen MR) is 129 cm³/mol. The van der Waals surface area contributed by atoms with E-state index in [1.807, 2.05) is 52.0 Å². The van der Waals surface area contributed by atoms with Crippen LogP contribution in [-0.4, -0.2) is 41.1 Å². The van der Waals surface area contributed by atoms with Crippen molar-refractivity contribution in [2.45, 2.75) is 40.3 Å². The third-order valence-corrected chi connectivity index (χ3v) is 5.83. The molecule has 0 unspecified atom stereocenters. The van der Waals surface area contributed by atoms with E-state index in [4.69, 9.17) is 4.98 Å². The van der Waals surface area contributed by atoms with Gasteiger partial charge in [-0.25, -0.2) is 9.67 Å². The number of carbonyl (C=O) groups excluding carboxylic acids is 1. The standard InChI is InChI=1S/C24H24N8O2/c1-12(2)32-22-18(11-26-32)16(23(33)25-10-17-13(3)7-14(4)27-24(17)34)9-20(28-22)15-5-6-19-21(8-15)30-31-29-19/h5-9,11-12H,10H2,1-4H3,(H,25,33)(H,27,34)(H,29,30,31). The Bertz CT molecular complexity index is 1610. The number of carbonyl (C=O) groups is 1. The average molecular weight is 457 g/mol. The topological polar surface area (TPSA) is 134 Å². The first-order valence-electron chi connectivity index (χ1n) is 11.0. The first-order chi connectivity index (χ1) is 16.3. The minimum atomic E-state index is -0.307. The molecule has 3 N–H and O–H groups in total. The molecule has 5 aromatic rings. The maximum absolute atomic E-state index is 13.3. The number of nitrogens with one attached hydrogen (secondary N) is 3. The normalized spacial score (nSPS) is 11.6. The predicted octanol–water partition coefficient (Wildman–Crippen LogP) is 3.19. The van der Waals surface area contributed by atoms with Gasteiger partial charge in [-0.2, -0.15) is 20.5 Å². The zero-order valence-corrected chi connectivity index (χ0v) is 19.3. The van der Waals surface area contributed by atoms with E-state index in [1.165, 1.54) is 0 Å². The largest absolute Gasteiger partial charge is 0.348 e. The van der Waals surface area contributed by atoms with Crippen molar-refractivity contribution >= 4 is 28.0 Å². The molecule has 1 aromatic carbocycles. The smallest absolute Gasteiger partial charge is 0.253 e. The van der Waals surface area contributed by atoms with Crippen LogP contribution in [0, 0.1) is 13.8 Å². The summed E-state index contributed by atoms with van der Waals surface area (Å²) in [5, 5.41) is 18.9. The van der Waals surface area contributed by atoms with Crippen molar-refractivity contribution in [2.24, 2.45) is 0 Å². The van der Waals surface area contributed by atoms with Crippen LogP contribution in [0.2, 0.25) is 0 Å². The zero-order valence-electron chi connectivity index (χ0n) is 19.3. The first-order valence-corrected chi connectivity index (χ1v) is 11.0. The Hall–Kier alpha value is -4.34. The van der Waals surface area contributed by atoms with Crippen molar-refractivity contribution in [3.63, 3.8) is 0 Å². The van der Waals surface area contributed by atoms with Gasteiger partial charge in [-0.15, -0.1) is 0 Å². The Morgan fingerprint density at radius 3 is 2.68 bits per heavy atom. The van der Waals surface area contributed by atoms with Gasteiger partial charge in [0.15, 0.2) is 5.65 Å². The highest BCUT2D eigenvalue weighted by atomic mass is 16.1. The molecule has 0 spiro atoms. The lowest BCUT2D eigenvalue weighted by Gasteiger charge is -2.12. The summed E-state index contributed by atoms with van der Waals surface area (Å²) in [6.07, 6.45) is 1.66. The molecule has 0 saturated carbocycles. The van der Waals surface area contributed by atoms with Crippen LogP contribution in [0.5, 0.6) is 0 Å². The minimum absolute atomic E-state index is 0.0583. The molecule has 0 radical (unpaired) electrons. The summed E-state index contributed by atoms with van der Waals surface area (Å²) in [6, 6.07) is 9.32. The maximum atomic E-state index is 13.3. The maximum Gasteiger partial charge on any atom is 0.253 e. The number of H-pyrrole nitrogens is 2. The van der Waals surface area contributed by atoms with E-state index in [9.17, 15) is 9.59 Å². The first kappa shape index (κ1) is 21.5. The fourth-order valence-electron chi connectivity index (χ4n) is 4.10. The molecule has 0 bridgehead atoms. The summed E-state index contributed by atoms with van der Waals surface area (Å²) >= 11 is 0. The Morgan fingerprint density at radius 1 is 1.12 bits per heavy atom. The Balaban J connectivity index is 1.58. The number of fused-ring (bicyclic) bond motifs is 2. The van der Waals surface area contributed by atoms with Crippen LogP contribution in [0.1, 0.15) is 47.1 Å². The van der Waals surface area contributed by atoms with Crippen LogP contribution in [0.15, 0.2) is 41.3 Å². The molecular formula is C24H24N8O2. The van der Waals surface area contributed by atoms with Crippen LogP contribution in [0.25, 0.3) is 33.3 Å². The summed E-state index contributed by atoms with van der Waals surface area (Å²) in [7, 11) is 0. The van der Waals surface area contributed by atoms with Gasteiger partial charge in [-0.05, 0) is 57.5 Å². The van der Waals surface area contributed by atoms with Gasteiger partial charge in [0.05, 0.1) is 22.8 Å². The average Bonchev–Trinajstić information content (AvgIpc) is 3.43. The second-order valence-electron chi connectivity index (χ2n) is 8.63. The van der Waals surface area contributed by atoms with E-state index in [2.05, 4.69) is 30.8 Å². The van der Waals surface area contributed by atoms with Crippen molar-refractivity contribution in [2.75, 3.05) is 0 Å². The zero-order chi connectivity index (χ0) is 24.0. The summed E-state index contributed by atoms with van der Waals surface area (Å²) < 4.78 is 1.79. The van der Waals surface area contributed by atoms with Gasteiger partial charge in [-0.1, -0.05) is 6.07 Å². The molecule has 1 amide bonds. The van der Waals surface area contributed by atoms with E-state index in [-0.39, 0.29) is 24.1 Å². The number of rotatable bonds is 5. The van der Waals surface area contributed by atoms with E-state index in [1.54, 1.807) is 16.9 Å². The molecule has 10 nitrogen and oxygen atoms in total. The van der Waals surface area contributed by atoms with Crippen LogP contribution in [0.4, 0.5) is 0 Å². The molecule has 0 fully saturated rings. The van der Waals surface area contributed by atoms with Crippen LogP contribution < -0.4 is 10.9 Å². The Morgan fingerprint density at radius 2 is 1.91 bits per heavy atom. The molecular weight excluding hydrogens is 432 g/mol. The number of aromatic amines is 2. The van der Waals surface area contributed by atoms with Crippen molar-refractivity contribution in [3.05, 3.63) is 69.3 Å². The quantitative estimate of drug-likeness (QED) is 0.372. The Labute approximate surface area is 194 Å². The van der Waals surface area contributed by atoms with E-state index in [0.29, 0.717) is 33.4 Å². The van der Waals surface area contributed by atoms with Gasteiger partial charge < -0.3 is 10.3 Å². The molecule has 34 heavy (non-hydrogen) atoms. The molecule has 0 aliphatic carbocycles. The molecule has 0 aliphatic heterocycles. The lowest BCUT2D eigenvalue weighted by Crippen LogP contribution is -2.28. The van der Waals surface area contributed by atoms with Crippen molar-refractivity contribution in [3.8, 4) is 11.3 Å². The number of hydrogen-bond acceptors (Lipinski definition) is 6. The second kappa shape index (κ2) is 8.22. The molecule has 4 aromatic heterocycles. The number of aryl methyl sites for hydroxylation is 2. The van der Waals surface area contributed by atoms with Gasteiger partial charge in [0.25, 0.3) is 11.5 Å². The minimum Gasteiger partial charge on any atom is -0.348 e. The number of pyridine rings is 2. The summed E-state index contributed by atoms with van der Waals surface area (Å²) in [5.41, 5.74) is 5.86. The van der Waals surface area contributed by atoms with Crippen LogP contribution in [-0.2, 0) is 6.54 Å². The monoisotopic (exact) mass is 456 g/mol. The second-order valence-corrected chi connectivity index (χ2v) is 8.63. The number of hydrogen-bond donors (Lipinski definition) is 3. The number of amides is 1. The molecule has 172 valence electrons. The van der Waals surface area contributed by atoms with Gasteiger partial charge in [0, 0.05) is 29.4 Å². The highest BCUT2D eigenvalue weighted by Gasteiger charge is 2.19. The lowest BCUT2D eigenvalue weighted by atomic mass is 10.1. The van der Waals surface area contributed by atoms with E-state index >= 15 is 0 Å². The number of nitrogens with zero attached hydrogens (tertiary/aromatic N) is 5. The summed E-state index contributed by atoms with van der Waals surface area (Å²) in [4.78, 5) is 33.3. The molecule has 10 heteroatoms. The highest BCUT2D eigenvalue weighted by Crippen LogP contribution is 2.27. The van der Waals surface area contributed by atoms with Gasteiger partial charge in [0.2, 0.25) is 0 Å². The van der Waals surface area contributed by atoms with Gasteiger partial charge in [-0.3, -0.25) is 9.59 Å². The fourth-order valence-corrected chi connectivity index (χ4v) is 4.10. The molecule has 5 rings (SSSR count). The molecule has 0 atom stereocenters. The Kier molecular flexibility index (Phi) is 5.20. The van der Waals surface area contributed by atoms with E-state index in [0.717, 1.165) is 22.3 Å². The van der Waals surface area contributed by atoms with Crippen LogP contribution in [0.3, 0.4) is 0 Å². The SMILES string of the molecule is Cc1cc(C)c(CNC(=O)c2cc(-c3ccc4n[nH]nc4c3)nc3c2cnn3C(C)C)c(=O)[nH]1. The third-order valence-electron chi connectivity index (χ3n) is 5.83. The van der Waals surface area contributed by atoms with Gasteiger partial charge in [0.1, 0.15) is 11.0 Å².